The summed E-state index contributed by atoms with van der Waals surface area (Å²) in [7, 11) is 3.70. The Bertz CT molecular complexity index is 808. The van der Waals surface area contributed by atoms with Crippen molar-refractivity contribution in [1.29, 1.82) is 0 Å². The summed E-state index contributed by atoms with van der Waals surface area (Å²) in [5.74, 6) is 4.25. The van der Waals surface area contributed by atoms with Crippen LogP contribution in [0.4, 0.5) is 0 Å². The first-order chi connectivity index (χ1) is 13.1. The summed E-state index contributed by atoms with van der Waals surface area (Å²) in [6.07, 6.45) is 3.61. The van der Waals surface area contributed by atoms with Gasteiger partial charge in [0.1, 0.15) is 18.1 Å². The molecule has 4 rings (SSSR count). The Balaban J connectivity index is 1.45. The van der Waals surface area contributed by atoms with Gasteiger partial charge in [0, 0.05) is 32.1 Å². The van der Waals surface area contributed by atoms with Crippen molar-refractivity contribution < 1.29 is 4.74 Å². The molecular weight excluding hydrogens is 340 g/mol. The SMILES string of the molecule is COc1ccc(C2CCN(C(=NCc3nnc(C)n3C)NC3CC3)C2)cc1. The van der Waals surface area contributed by atoms with Gasteiger partial charge in [0.25, 0.3) is 0 Å². The Kier molecular flexibility index (Phi) is 5.01. The van der Waals surface area contributed by atoms with Crippen molar-refractivity contribution in [1.82, 2.24) is 25.0 Å². The molecule has 1 unspecified atom stereocenters. The van der Waals surface area contributed by atoms with Crippen LogP contribution in [0.3, 0.4) is 0 Å². The van der Waals surface area contributed by atoms with Gasteiger partial charge in [-0.3, -0.25) is 0 Å². The fourth-order valence-electron chi connectivity index (χ4n) is 3.48. The number of hydrogen-bond acceptors (Lipinski definition) is 4. The van der Waals surface area contributed by atoms with Gasteiger partial charge in [-0.15, -0.1) is 10.2 Å². The number of ether oxygens (including phenoxy) is 1. The minimum atomic E-state index is 0.527. The smallest absolute Gasteiger partial charge is 0.194 e. The van der Waals surface area contributed by atoms with Crippen LogP contribution in [-0.2, 0) is 13.6 Å². The van der Waals surface area contributed by atoms with Gasteiger partial charge in [-0.25, -0.2) is 4.99 Å². The number of nitrogens with zero attached hydrogens (tertiary/aromatic N) is 5. The highest BCUT2D eigenvalue weighted by Crippen LogP contribution is 2.29. The van der Waals surface area contributed by atoms with E-state index in [1.54, 1.807) is 7.11 Å². The van der Waals surface area contributed by atoms with E-state index in [9.17, 15) is 0 Å². The number of nitrogens with one attached hydrogen (secondary N) is 1. The lowest BCUT2D eigenvalue weighted by molar-refractivity contribution is 0.414. The first kappa shape index (κ1) is 17.8. The second-order valence-electron chi connectivity index (χ2n) is 7.49. The molecule has 1 aromatic heterocycles. The summed E-state index contributed by atoms with van der Waals surface area (Å²) < 4.78 is 7.28. The number of likely N-dealkylation sites (tertiary alicyclic amines) is 1. The fourth-order valence-corrected chi connectivity index (χ4v) is 3.48. The molecule has 7 heteroatoms. The summed E-state index contributed by atoms with van der Waals surface area (Å²) in [5, 5.41) is 12.0. The van der Waals surface area contributed by atoms with Gasteiger partial charge in [0.2, 0.25) is 0 Å². The van der Waals surface area contributed by atoms with E-state index < -0.39 is 0 Å². The van der Waals surface area contributed by atoms with Crippen molar-refractivity contribution in [2.24, 2.45) is 12.0 Å². The Morgan fingerprint density at radius 2 is 2.00 bits per heavy atom. The van der Waals surface area contributed by atoms with Crippen LogP contribution in [0.2, 0.25) is 0 Å². The molecule has 1 saturated carbocycles. The van der Waals surface area contributed by atoms with Crippen LogP contribution in [-0.4, -0.2) is 51.9 Å². The number of methoxy groups -OCH3 is 1. The van der Waals surface area contributed by atoms with Gasteiger partial charge in [-0.1, -0.05) is 12.1 Å². The molecule has 0 bridgehead atoms. The molecule has 144 valence electrons. The zero-order valence-corrected chi connectivity index (χ0v) is 16.4. The van der Waals surface area contributed by atoms with Crippen molar-refractivity contribution in [3.05, 3.63) is 41.5 Å². The van der Waals surface area contributed by atoms with Crippen molar-refractivity contribution in [3.8, 4) is 5.75 Å². The average molecular weight is 368 g/mol. The molecule has 1 aromatic carbocycles. The fraction of sp³-hybridized carbons (Fsp3) is 0.550. The monoisotopic (exact) mass is 368 g/mol. The maximum atomic E-state index is 5.27. The summed E-state index contributed by atoms with van der Waals surface area (Å²) in [6, 6.07) is 9.03. The minimum absolute atomic E-state index is 0.527. The Hall–Kier alpha value is -2.57. The quantitative estimate of drug-likeness (QED) is 0.647. The molecule has 0 amide bonds. The lowest BCUT2D eigenvalue weighted by atomic mass is 9.98. The molecule has 2 aromatic rings. The lowest BCUT2D eigenvalue weighted by Gasteiger charge is -2.22. The van der Waals surface area contributed by atoms with Crippen LogP contribution < -0.4 is 10.1 Å². The van der Waals surface area contributed by atoms with E-state index in [2.05, 4.69) is 32.5 Å². The molecule has 0 spiro atoms. The zero-order chi connectivity index (χ0) is 18.8. The highest BCUT2D eigenvalue weighted by atomic mass is 16.5. The number of guanidine groups is 1. The van der Waals surface area contributed by atoms with Crippen molar-refractivity contribution in [2.45, 2.75) is 44.7 Å². The molecule has 1 N–H and O–H groups in total. The van der Waals surface area contributed by atoms with E-state index in [1.165, 1.54) is 18.4 Å². The average Bonchev–Trinajstić information content (AvgIpc) is 3.28. The third kappa shape index (κ3) is 4.07. The van der Waals surface area contributed by atoms with E-state index in [4.69, 9.17) is 9.73 Å². The Morgan fingerprint density at radius 1 is 1.22 bits per heavy atom. The number of rotatable bonds is 5. The maximum Gasteiger partial charge on any atom is 0.194 e. The van der Waals surface area contributed by atoms with Gasteiger partial charge < -0.3 is 19.5 Å². The van der Waals surface area contributed by atoms with E-state index in [-0.39, 0.29) is 0 Å². The van der Waals surface area contributed by atoms with Crippen LogP contribution in [0, 0.1) is 6.92 Å². The number of hydrogen-bond donors (Lipinski definition) is 1. The standard InChI is InChI=1S/C20H28N6O/c1-14-23-24-19(25(14)2)12-21-20(22-17-6-7-17)26-11-10-16(13-26)15-4-8-18(27-3)9-5-15/h4-5,8-9,16-17H,6-7,10-13H2,1-3H3,(H,21,22). The highest BCUT2D eigenvalue weighted by molar-refractivity contribution is 5.81. The molecule has 2 heterocycles. The molecular formula is C20H28N6O. The van der Waals surface area contributed by atoms with Crippen LogP contribution in [0.5, 0.6) is 5.75 Å². The first-order valence-corrected chi connectivity index (χ1v) is 9.69. The maximum absolute atomic E-state index is 5.27. The zero-order valence-electron chi connectivity index (χ0n) is 16.4. The normalized spacial score (nSPS) is 20.2. The molecule has 1 atom stereocenters. The van der Waals surface area contributed by atoms with Crippen molar-refractivity contribution >= 4 is 5.96 Å². The molecule has 2 aliphatic rings. The van der Waals surface area contributed by atoms with Gasteiger partial charge in [0.15, 0.2) is 11.8 Å². The van der Waals surface area contributed by atoms with Gasteiger partial charge in [-0.05, 0) is 43.9 Å². The van der Waals surface area contributed by atoms with Gasteiger partial charge >= 0.3 is 0 Å². The molecule has 1 aliphatic heterocycles. The Labute approximate surface area is 160 Å². The van der Waals surface area contributed by atoms with Crippen LogP contribution in [0.1, 0.15) is 42.4 Å². The van der Waals surface area contributed by atoms with Crippen LogP contribution in [0.15, 0.2) is 29.3 Å². The van der Waals surface area contributed by atoms with Gasteiger partial charge in [0.05, 0.1) is 7.11 Å². The number of benzene rings is 1. The predicted octanol–water partition coefficient (Wildman–Crippen LogP) is 2.23. The third-order valence-electron chi connectivity index (χ3n) is 5.54. The Morgan fingerprint density at radius 3 is 2.63 bits per heavy atom. The molecule has 7 nitrogen and oxygen atoms in total. The molecule has 2 fully saturated rings. The van der Waals surface area contributed by atoms with E-state index in [0.717, 1.165) is 42.9 Å². The van der Waals surface area contributed by atoms with E-state index in [0.29, 0.717) is 18.5 Å². The van der Waals surface area contributed by atoms with E-state index >= 15 is 0 Å². The van der Waals surface area contributed by atoms with Crippen LogP contribution >= 0.6 is 0 Å². The number of aromatic nitrogens is 3. The summed E-state index contributed by atoms with van der Waals surface area (Å²) in [5.41, 5.74) is 1.37. The summed E-state index contributed by atoms with van der Waals surface area (Å²) in [6.45, 7) is 4.52. The molecule has 1 saturated heterocycles. The molecule has 1 aliphatic carbocycles. The predicted molar refractivity (Wildman–Crippen MR) is 105 cm³/mol. The van der Waals surface area contributed by atoms with E-state index in [1.807, 2.05) is 30.7 Å². The number of aliphatic imine (C=N–C) groups is 1. The number of aryl methyl sites for hydroxylation is 1. The van der Waals surface area contributed by atoms with Crippen molar-refractivity contribution in [3.63, 3.8) is 0 Å². The van der Waals surface area contributed by atoms with Gasteiger partial charge in [-0.2, -0.15) is 0 Å². The summed E-state index contributed by atoms with van der Waals surface area (Å²) in [4.78, 5) is 7.26. The van der Waals surface area contributed by atoms with Crippen molar-refractivity contribution in [2.75, 3.05) is 20.2 Å². The lowest BCUT2D eigenvalue weighted by Crippen LogP contribution is -2.41. The molecule has 27 heavy (non-hydrogen) atoms. The first-order valence-electron chi connectivity index (χ1n) is 9.69. The third-order valence-corrected chi connectivity index (χ3v) is 5.54. The second-order valence-corrected chi connectivity index (χ2v) is 7.49. The largest absolute Gasteiger partial charge is 0.497 e. The highest BCUT2D eigenvalue weighted by Gasteiger charge is 2.30. The molecule has 0 radical (unpaired) electrons. The van der Waals surface area contributed by atoms with Crippen LogP contribution in [0.25, 0.3) is 0 Å². The minimum Gasteiger partial charge on any atom is -0.497 e. The second kappa shape index (κ2) is 7.58. The summed E-state index contributed by atoms with van der Waals surface area (Å²) >= 11 is 0. The topological polar surface area (TPSA) is 67.6 Å².